The van der Waals surface area contributed by atoms with Gasteiger partial charge in [0.15, 0.2) is 5.82 Å². The van der Waals surface area contributed by atoms with Gasteiger partial charge in [-0.05, 0) is 43.0 Å². The molecule has 1 N–H and O–H groups in total. The predicted octanol–water partition coefficient (Wildman–Crippen LogP) is 4.02. The number of nitrogens with zero attached hydrogens (tertiary/aromatic N) is 4. The number of piperidine rings is 1. The van der Waals surface area contributed by atoms with E-state index in [2.05, 4.69) is 21.9 Å². The van der Waals surface area contributed by atoms with Crippen LogP contribution in [0.5, 0.6) is 5.88 Å². The molecule has 1 fully saturated rings. The Kier molecular flexibility index (Phi) is 4.67. The van der Waals surface area contributed by atoms with Crippen LogP contribution in [0.25, 0.3) is 4.96 Å². The highest BCUT2D eigenvalue weighted by Crippen LogP contribution is 2.41. The number of thiazole rings is 1. The van der Waals surface area contributed by atoms with Gasteiger partial charge in [0.2, 0.25) is 10.8 Å². The largest absolute Gasteiger partial charge is 0.492 e. The number of hydrogen-bond acceptors (Lipinski definition) is 5. The van der Waals surface area contributed by atoms with Gasteiger partial charge in [-0.2, -0.15) is 4.52 Å². The highest BCUT2D eigenvalue weighted by Gasteiger charge is 2.32. The number of likely N-dealkylation sites (tertiary alicyclic amines) is 1. The Hall–Kier alpha value is -1.99. The summed E-state index contributed by atoms with van der Waals surface area (Å²) in [6.07, 6.45) is 3.03. The van der Waals surface area contributed by atoms with Gasteiger partial charge in [0.05, 0.1) is 10.9 Å². The first-order valence-electron chi connectivity index (χ1n) is 9.13. The van der Waals surface area contributed by atoms with E-state index in [4.69, 9.17) is 0 Å². The van der Waals surface area contributed by atoms with Crippen molar-refractivity contribution in [2.24, 2.45) is 5.92 Å². The third-order valence-electron chi connectivity index (χ3n) is 5.03. The van der Waals surface area contributed by atoms with E-state index in [0.717, 1.165) is 36.4 Å². The van der Waals surface area contributed by atoms with E-state index in [-0.39, 0.29) is 17.7 Å². The molecule has 0 saturated carbocycles. The number of aryl methyl sites for hydroxylation is 1. The van der Waals surface area contributed by atoms with Crippen LogP contribution in [0.1, 0.15) is 49.0 Å². The lowest BCUT2D eigenvalue weighted by molar-refractivity contribution is 0.149. The normalized spacial score (nSPS) is 19.9. The van der Waals surface area contributed by atoms with Gasteiger partial charge in [0.25, 0.3) is 0 Å². The molecule has 0 bridgehead atoms. The summed E-state index contributed by atoms with van der Waals surface area (Å²) in [5, 5.41) is 15.2. The van der Waals surface area contributed by atoms with Gasteiger partial charge >= 0.3 is 0 Å². The fraction of sp³-hybridized carbons (Fsp3) is 0.474. The smallest absolute Gasteiger partial charge is 0.230 e. The second kappa shape index (κ2) is 6.96. The molecule has 3 aromatic rings. The van der Waals surface area contributed by atoms with Crippen molar-refractivity contribution in [3.05, 3.63) is 46.3 Å². The van der Waals surface area contributed by atoms with Crippen molar-refractivity contribution >= 4 is 16.3 Å². The monoisotopic (exact) mass is 374 g/mol. The molecular formula is C19H23FN4OS. The Bertz CT molecular complexity index is 922. The SMILES string of the molecule is CCc1nc2sc([C@@H](c3cccc(F)c3)N3CCC[C@@H](C)C3)c(O)n2n1. The topological polar surface area (TPSA) is 53.7 Å². The Morgan fingerprint density at radius 2 is 2.27 bits per heavy atom. The molecule has 4 rings (SSSR count). The van der Waals surface area contributed by atoms with E-state index in [1.165, 1.54) is 28.3 Å². The first-order chi connectivity index (χ1) is 12.6. The maximum atomic E-state index is 13.9. The van der Waals surface area contributed by atoms with Crippen molar-refractivity contribution in [1.29, 1.82) is 0 Å². The van der Waals surface area contributed by atoms with Gasteiger partial charge in [0.1, 0.15) is 5.82 Å². The van der Waals surface area contributed by atoms with E-state index in [1.54, 1.807) is 12.1 Å². The summed E-state index contributed by atoms with van der Waals surface area (Å²) in [7, 11) is 0. The number of rotatable bonds is 4. The van der Waals surface area contributed by atoms with Crippen LogP contribution in [0.4, 0.5) is 4.39 Å². The van der Waals surface area contributed by atoms with Crippen LogP contribution in [0, 0.1) is 11.7 Å². The number of aromatic hydroxyl groups is 1. The molecule has 1 saturated heterocycles. The van der Waals surface area contributed by atoms with E-state index in [0.29, 0.717) is 16.7 Å². The van der Waals surface area contributed by atoms with Gasteiger partial charge < -0.3 is 5.11 Å². The molecule has 7 heteroatoms. The van der Waals surface area contributed by atoms with Crippen molar-refractivity contribution < 1.29 is 9.50 Å². The quantitative estimate of drug-likeness (QED) is 0.749. The molecule has 3 heterocycles. The predicted molar refractivity (Wildman–Crippen MR) is 100 cm³/mol. The molecule has 26 heavy (non-hydrogen) atoms. The second-order valence-corrected chi connectivity index (χ2v) is 8.07. The minimum atomic E-state index is -0.259. The summed E-state index contributed by atoms with van der Waals surface area (Å²) in [6.45, 7) is 6.08. The van der Waals surface area contributed by atoms with Crippen LogP contribution >= 0.6 is 11.3 Å². The summed E-state index contributed by atoms with van der Waals surface area (Å²) >= 11 is 1.44. The molecule has 0 radical (unpaired) electrons. The molecule has 1 aliphatic rings. The van der Waals surface area contributed by atoms with E-state index in [9.17, 15) is 9.50 Å². The number of aromatic nitrogens is 3. The third-order valence-corrected chi connectivity index (χ3v) is 6.10. The molecule has 2 atom stereocenters. The Balaban J connectivity index is 1.82. The first-order valence-corrected chi connectivity index (χ1v) is 9.95. The third kappa shape index (κ3) is 3.10. The molecule has 1 aromatic carbocycles. The van der Waals surface area contributed by atoms with Crippen LogP contribution in [-0.4, -0.2) is 37.7 Å². The maximum absolute atomic E-state index is 13.9. The second-order valence-electron chi connectivity index (χ2n) is 7.07. The van der Waals surface area contributed by atoms with Crippen molar-refractivity contribution in [2.45, 2.75) is 39.2 Å². The molecule has 0 aliphatic carbocycles. The zero-order chi connectivity index (χ0) is 18.3. The van der Waals surface area contributed by atoms with E-state index < -0.39 is 0 Å². The minimum Gasteiger partial charge on any atom is -0.492 e. The number of benzene rings is 1. The van der Waals surface area contributed by atoms with Gasteiger partial charge in [-0.25, -0.2) is 9.37 Å². The van der Waals surface area contributed by atoms with Gasteiger partial charge in [-0.1, -0.05) is 37.3 Å². The zero-order valence-electron chi connectivity index (χ0n) is 15.0. The number of halogens is 1. The summed E-state index contributed by atoms with van der Waals surface area (Å²) in [4.78, 5) is 8.29. The molecule has 2 aromatic heterocycles. The standard InChI is InChI=1S/C19H23FN4OS/c1-3-15-21-19-24(22-15)18(25)17(26-19)16(13-7-4-8-14(20)10-13)23-9-5-6-12(2)11-23/h4,7-8,10,12,16,25H,3,5-6,9,11H2,1-2H3/t12-,16-/m1/s1. The van der Waals surface area contributed by atoms with Crippen LogP contribution < -0.4 is 0 Å². The van der Waals surface area contributed by atoms with Crippen molar-refractivity contribution in [2.75, 3.05) is 13.1 Å². The molecule has 0 amide bonds. The number of hydrogen-bond donors (Lipinski definition) is 1. The number of fused-ring (bicyclic) bond motifs is 1. The fourth-order valence-electron chi connectivity index (χ4n) is 3.78. The first kappa shape index (κ1) is 17.4. The van der Waals surface area contributed by atoms with E-state index >= 15 is 0 Å². The molecule has 1 aliphatic heterocycles. The van der Waals surface area contributed by atoms with Crippen LogP contribution in [0.3, 0.4) is 0 Å². The lowest BCUT2D eigenvalue weighted by Gasteiger charge is -2.37. The zero-order valence-corrected chi connectivity index (χ0v) is 15.8. The molecule has 0 unspecified atom stereocenters. The summed E-state index contributed by atoms with van der Waals surface area (Å²) in [6, 6.07) is 6.49. The van der Waals surface area contributed by atoms with Crippen molar-refractivity contribution in [1.82, 2.24) is 19.5 Å². The van der Waals surface area contributed by atoms with Crippen molar-refractivity contribution in [3.8, 4) is 5.88 Å². The maximum Gasteiger partial charge on any atom is 0.230 e. The lowest BCUT2D eigenvalue weighted by atomic mass is 9.95. The molecule has 0 spiro atoms. The van der Waals surface area contributed by atoms with Crippen LogP contribution in [0.15, 0.2) is 24.3 Å². The summed E-state index contributed by atoms with van der Waals surface area (Å²) < 4.78 is 15.4. The molecule has 138 valence electrons. The van der Waals surface area contributed by atoms with Crippen molar-refractivity contribution in [3.63, 3.8) is 0 Å². The fourth-order valence-corrected chi connectivity index (χ4v) is 4.92. The molecule has 5 nitrogen and oxygen atoms in total. The van der Waals surface area contributed by atoms with Gasteiger partial charge in [0, 0.05) is 13.0 Å². The van der Waals surface area contributed by atoms with Gasteiger partial charge in [-0.3, -0.25) is 4.90 Å². The van der Waals surface area contributed by atoms with Crippen LogP contribution in [-0.2, 0) is 6.42 Å². The highest BCUT2D eigenvalue weighted by atomic mass is 32.1. The Morgan fingerprint density at radius 3 is 2.96 bits per heavy atom. The Morgan fingerprint density at radius 1 is 1.42 bits per heavy atom. The average Bonchev–Trinajstić information content (AvgIpc) is 3.15. The van der Waals surface area contributed by atoms with E-state index in [1.807, 2.05) is 13.0 Å². The molecular weight excluding hydrogens is 351 g/mol. The Labute approximate surface area is 156 Å². The summed E-state index contributed by atoms with van der Waals surface area (Å²) in [5.74, 6) is 1.15. The van der Waals surface area contributed by atoms with Crippen LogP contribution in [0.2, 0.25) is 0 Å². The minimum absolute atomic E-state index is 0.115. The summed E-state index contributed by atoms with van der Waals surface area (Å²) in [5.41, 5.74) is 0.856. The average molecular weight is 374 g/mol. The van der Waals surface area contributed by atoms with Gasteiger partial charge in [-0.15, -0.1) is 5.10 Å². The lowest BCUT2D eigenvalue weighted by Crippen LogP contribution is -2.37. The highest BCUT2D eigenvalue weighted by molar-refractivity contribution is 7.17.